The molecule has 1 unspecified atom stereocenters. The molecule has 294 valence electrons. The molecule has 57 heavy (non-hydrogen) atoms. The maximum absolute atomic E-state index is 14.0. The lowest BCUT2D eigenvalue weighted by molar-refractivity contribution is -0.274. The third-order valence-electron chi connectivity index (χ3n) is 11.8. The van der Waals surface area contributed by atoms with Crippen LogP contribution in [0.15, 0.2) is 89.3 Å². The average Bonchev–Trinajstić information content (AvgIpc) is 3.50. The summed E-state index contributed by atoms with van der Waals surface area (Å²) in [7, 11) is 0. The van der Waals surface area contributed by atoms with Crippen LogP contribution in [0.2, 0.25) is 0 Å². The van der Waals surface area contributed by atoms with E-state index in [0.29, 0.717) is 44.6 Å². The molecule has 0 fully saturated rings. The minimum Gasteiger partial charge on any atom is -0.468 e. The number of alkyl halides is 3. The molecule has 8 rings (SSSR count). The van der Waals surface area contributed by atoms with E-state index in [9.17, 15) is 13.2 Å². The summed E-state index contributed by atoms with van der Waals surface area (Å²) in [5.41, 5.74) is 9.85. The molecule has 1 aromatic heterocycles. The Morgan fingerprint density at radius 1 is 0.702 bits per heavy atom. The van der Waals surface area contributed by atoms with Crippen LogP contribution in [0.5, 0.6) is 5.75 Å². The van der Waals surface area contributed by atoms with Crippen LogP contribution >= 0.6 is 0 Å². The molecule has 7 heteroatoms. The van der Waals surface area contributed by atoms with Gasteiger partial charge in [-0.25, -0.2) is 0 Å². The van der Waals surface area contributed by atoms with Gasteiger partial charge >= 0.3 is 6.36 Å². The Labute approximate surface area is 344 Å². The maximum Gasteiger partial charge on any atom is 0.573 e. The summed E-state index contributed by atoms with van der Waals surface area (Å²) in [6, 6.07) is 25.8. The van der Waals surface area contributed by atoms with Crippen molar-refractivity contribution in [2.24, 2.45) is 0 Å². The van der Waals surface area contributed by atoms with E-state index in [2.05, 4.69) is 82.4 Å². The van der Waals surface area contributed by atoms with Crippen molar-refractivity contribution in [2.45, 2.75) is 118 Å². The van der Waals surface area contributed by atoms with Gasteiger partial charge in [0.15, 0.2) is 0 Å². The summed E-state index contributed by atoms with van der Waals surface area (Å²) >= 11 is 0. The first-order chi connectivity index (χ1) is 28.9. The van der Waals surface area contributed by atoms with E-state index < -0.39 is 43.9 Å². The van der Waals surface area contributed by atoms with Crippen LogP contribution in [0.3, 0.4) is 0 Å². The quantitative estimate of drug-likeness (QED) is 0.167. The first-order valence-corrected chi connectivity index (χ1v) is 19.6. The Bertz CT molecular complexity index is 2800. The predicted octanol–water partition coefficient (Wildman–Crippen LogP) is 12.2. The molecule has 3 heterocycles. The third kappa shape index (κ3) is 6.65. The molecule has 0 saturated carbocycles. The van der Waals surface area contributed by atoms with E-state index in [4.69, 9.17) is 12.6 Å². The van der Waals surface area contributed by atoms with Crippen molar-refractivity contribution in [1.29, 1.82) is 0 Å². The van der Waals surface area contributed by atoms with Crippen molar-refractivity contribution in [3.05, 3.63) is 135 Å². The van der Waals surface area contributed by atoms with Gasteiger partial charge in [0, 0.05) is 30.9 Å². The highest BCUT2D eigenvalue weighted by Gasteiger charge is 2.48. The minimum atomic E-state index is -5.00. The van der Waals surface area contributed by atoms with Crippen molar-refractivity contribution < 1.29 is 30.5 Å². The molecule has 2 aliphatic heterocycles. The fraction of sp³-hybridized carbons (Fsp3) is 0.360. The Balaban J connectivity index is 1.55. The zero-order chi connectivity index (χ0) is 46.1. The van der Waals surface area contributed by atoms with Gasteiger partial charge in [-0.2, -0.15) is 0 Å². The molecule has 0 spiro atoms. The highest BCUT2D eigenvalue weighted by molar-refractivity contribution is 6.98. The van der Waals surface area contributed by atoms with E-state index >= 15 is 0 Å². The predicted molar refractivity (Wildman–Crippen MR) is 231 cm³/mol. The number of rotatable bonds is 4. The Morgan fingerprint density at radius 3 is 1.98 bits per heavy atom. The lowest BCUT2D eigenvalue weighted by Gasteiger charge is -2.42. The van der Waals surface area contributed by atoms with Gasteiger partial charge in [0.2, 0.25) is 0 Å². The highest BCUT2D eigenvalue weighted by Crippen LogP contribution is 2.48. The molecule has 0 radical (unpaired) electrons. The SMILES string of the molecule is [2H]C([2H])([2H])Cc1cc2c3c(c1)N(c1ccc(C(C)(C)C)cc1C)c1c(oc4ccc(C(C)(C)C)cc14)B3c1ccc(OC(F)(F)F)cc1C2c1ccc(C(C)(C)C)cc1C([2H])([2H])[2H]. The van der Waals surface area contributed by atoms with Crippen LogP contribution in [-0.2, 0) is 22.7 Å². The number of halogens is 3. The molecular weight excluding hydrogens is 714 g/mol. The number of ether oxygens (including phenoxy) is 1. The van der Waals surface area contributed by atoms with Gasteiger partial charge in [-0.1, -0.05) is 123 Å². The summed E-state index contributed by atoms with van der Waals surface area (Å²) in [5, 5.41) is 0.827. The van der Waals surface area contributed by atoms with Crippen LogP contribution in [0.1, 0.15) is 133 Å². The zero-order valence-corrected chi connectivity index (χ0v) is 34.3. The number of furan rings is 1. The number of anilines is 3. The summed E-state index contributed by atoms with van der Waals surface area (Å²) in [6.07, 6.45) is -5.32. The van der Waals surface area contributed by atoms with Gasteiger partial charge in [0.05, 0.1) is 11.3 Å². The molecule has 6 aromatic rings. The second kappa shape index (κ2) is 13.1. The van der Waals surface area contributed by atoms with Gasteiger partial charge in [0.25, 0.3) is 6.71 Å². The first kappa shape index (κ1) is 32.1. The van der Waals surface area contributed by atoms with E-state index in [-0.39, 0.29) is 22.8 Å². The molecular formula is C50H53BF3NO2. The number of fused-ring (bicyclic) bond motifs is 6. The number of nitrogens with zero attached hydrogens (tertiary/aromatic N) is 1. The van der Waals surface area contributed by atoms with E-state index in [1.165, 1.54) is 12.1 Å². The van der Waals surface area contributed by atoms with Crippen molar-refractivity contribution in [3.63, 3.8) is 0 Å². The van der Waals surface area contributed by atoms with Gasteiger partial charge < -0.3 is 14.1 Å². The summed E-state index contributed by atoms with van der Waals surface area (Å²) in [6.45, 7) is 15.2. The molecule has 0 aliphatic carbocycles. The second-order valence-corrected chi connectivity index (χ2v) is 18.9. The normalized spacial score (nSPS) is 17.5. The monoisotopic (exact) mass is 773 g/mol. The fourth-order valence-electron chi connectivity index (χ4n) is 8.77. The molecule has 5 aromatic carbocycles. The van der Waals surface area contributed by atoms with Crippen LogP contribution in [0.4, 0.5) is 30.2 Å². The average molecular weight is 774 g/mol. The van der Waals surface area contributed by atoms with E-state index in [1.54, 1.807) is 18.2 Å². The second-order valence-electron chi connectivity index (χ2n) is 18.9. The molecule has 3 nitrogen and oxygen atoms in total. The van der Waals surface area contributed by atoms with Gasteiger partial charge in [0.1, 0.15) is 11.3 Å². The number of benzene rings is 5. The van der Waals surface area contributed by atoms with Gasteiger partial charge in [-0.3, -0.25) is 0 Å². The smallest absolute Gasteiger partial charge is 0.468 e. The lowest BCUT2D eigenvalue weighted by Crippen LogP contribution is -2.61. The van der Waals surface area contributed by atoms with Gasteiger partial charge in [-0.15, -0.1) is 13.2 Å². The summed E-state index contributed by atoms with van der Waals surface area (Å²) in [5.74, 6) is -1.41. The Morgan fingerprint density at radius 2 is 1.35 bits per heavy atom. The van der Waals surface area contributed by atoms with Gasteiger partial charge in [-0.05, 0) is 128 Å². The minimum absolute atomic E-state index is 0.0573. The summed E-state index contributed by atoms with van der Waals surface area (Å²) < 4.78 is 106. The molecule has 0 saturated heterocycles. The molecule has 1 atom stereocenters. The van der Waals surface area contributed by atoms with E-state index in [0.717, 1.165) is 44.5 Å². The lowest BCUT2D eigenvalue weighted by atomic mass is 9.32. The number of hydrogen-bond donors (Lipinski definition) is 0. The Hall–Kier alpha value is -4.91. The maximum atomic E-state index is 14.0. The van der Waals surface area contributed by atoms with Crippen molar-refractivity contribution in [2.75, 3.05) is 4.90 Å². The topological polar surface area (TPSA) is 25.6 Å². The third-order valence-corrected chi connectivity index (χ3v) is 11.8. The van der Waals surface area contributed by atoms with Crippen molar-refractivity contribution in [3.8, 4) is 5.75 Å². The highest BCUT2D eigenvalue weighted by atomic mass is 19.4. The zero-order valence-electron chi connectivity index (χ0n) is 40.3. The molecule has 2 aliphatic rings. The van der Waals surface area contributed by atoms with Crippen molar-refractivity contribution in [1.82, 2.24) is 0 Å². The number of hydrogen-bond acceptors (Lipinski definition) is 3. The van der Waals surface area contributed by atoms with Crippen LogP contribution in [0.25, 0.3) is 11.0 Å². The fourth-order valence-corrected chi connectivity index (χ4v) is 8.77. The molecule has 0 bridgehead atoms. The van der Waals surface area contributed by atoms with Crippen LogP contribution in [-0.4, -0.2) is 13.1 Å². The largest absolute Gasteiger partial charge is 0.573 e. The standard InChI is InChI=1S/C50H53BF3NO2/c1-13-30-24-38-43(35-18-14-31(22-28(35)2)47(4,5)6)36-27-34(57-50(52,53)54)17-19-39(36)51-44(38)41(25-30)55(40-20-15-32(23-29(40)3)48(7,8)9)45-37-26-33(49(10,11)12)16-21-42(37)56-46(45)51/h14-27,43H,13H2,1-12H3/i1D3,2D3. The van der Waals surface area contributed by atoms with Crippen LogP contribution < -0.4 is 26.2 Å². The van der Waals surface area contributed by atoms with Crippen LogP contribution in [0, 0.1) is 13.8 Å². The molecule has 0 N–H and O–H groups in total. The summed E-state index contributed by atoms with van der Waals surface area (Å²) in [4.78, 5) is 2.16. The molecule has 0 amide bonds. The number of aryl methyl sites for hydroxylation is 3. The van der Waals surface area contributed by atoms with E-state index in [1.807, 2.05) is 51.1 Å². The van der Waals surface area contributed by atoms with Crippen molar-refractivity contribution >= 4 is 51.3 Å². The first-order valence-electron chi connectivity index (χ1n) is 22.6. The Kier molecular flexibility index (Phi) is 7.35.